The van der Waals surface area contributed by atoms with Crippen molar-refractivity contribution in [2.45, 2.75) is 19.8 Å². The molecule has 1 N–H and O–H groups in total. The lowest BCUT2D eigenvalue weighted by atomic mass is 9.94. The van der Waals surface area contributed by atoms with Crippen molar-refractivity contribution < 1.29 is 9.90 Å². The largest absolute Gasteiger partial charge is 0.481 e. The molecule has 2 rings (SSSR count). The summed E-state index contributed by atoms with van der Waals surface area (Å²) >= 11 is 1.57. The number of carbonyl (C=O) groups is 1. The molecule has 2 nitrogen and oxygen atoms in total. The predicted molar refractivity (Wildman–Crippen MR) is 75.0 cm³/mol. The molecule has 0 spiro atoms. The molecule has 1 aromatic carbocycles. The van der Waals surface area contributed by atoms with Gasteiger partial charge in [-0.2, -0.15) is 0 Å². The van der Waals surface area contributed by atoms with E-state index in [1.807, 2.05) is 56.3 Å². The first-order chi connectivity index (χ1) is 8.59. The second-order valence-electron chi connectivity index (χ2n) is 4.63. The Morgan fingerprint density at radius 2 is 1.78 bits per heavy atom. The zero-order valence-corrected chi connectivity index (χ0v) is 11.3. The van der Waals surface area contributed by atoms with Gasteiger partial charge in [0.15, 0.2) is 0 Å². The molecule has 94 valence electrons. The fourth-order valence-electron chi connectivity index (χ4n) is 2.01. The fourth-order valence-corrected chi connectivity index (χ4v) is 3.29. The molecule has 0 bridgehead atoms. The number of carboxylic acid groups (broad SMARTS) is 1. The molecule has 0 aliphatic heterocycles. The van der Waals surface area contributed by atoms with Crippen molar-refractivity contribution in [1.82, 2.24) is 0 Å². The molecule has 2 aromatic rings. The van der Waals surface area contributed by atoms with Crippen LogP contribution < -0.4 is 0 Å². The minimum absolute atomic E-state index is 0.102. The Hall–Kier alpha value is -1.61. The van der Waals surface area contributed by atoms with Gasteiger partial charge in [-0.05, 0) is 23.6 Å². The van der Waals surface area contributed by atoms with Crippen molar-refractivity contribution >= 4 is 17.3 Å². The second kappa shape index (κ2) is 5.36. The number of thiophene rings is 1. The summed E-state index contributed by atoms with van der Waals surface area (Å²) in [5.41, 5.74) is 1.14. The molecule has 1 aromatic heterocycles. The number of carboxylic acids is 1. The molecule has 0 aliphatic rings. The monoisotopic (exact) mass is 260 g/mol. The minimum atomic E-state index is -0.744. The van der Waals surface area contributed by atoms with Crippen LogP contribution in [-0.4, -0.2) is 11.1 Å². The highest BCUT2D eigenvalue weighted by atomic mass is 32.1. The van der Waals surface area contributed by atoms with E-state index in [2.05, 4.69) is 0 Å². The zero-order valence-electron chi connectivity index (χ0n) is 10.5. The normalized spacial score (nSPS) is 12.6. The predicted octanol–water partition coefficient (Wildman–Crippen LogP) is 4.24. The molecular formula is C15H16O2S. The third kappa shape index (κ3) is 2.62. The van der Waals surface area contributed by atoms with Gasteiger partial charge in [0.25, 0.3) is 0 Å². The van der Waals surface area contributed by atoms with E-state index in [0.29, 0.717) is 0 Å². The van der Waals surface area contributed by atoms with Crippen LogP contribution in [0.1, 0.15) is 24.6 Å². The van der Waals surface area contributed by atoms with E-state index in [1.54, 1.807) is 11.3 Å². The highest BCUT2D eigenvalue weighted by Gasteiger charge is 2.25. The molecule has 0 amide bonds. The number of rotatable bonds is 4. The lowest BCUT2D eigenvalue weighted by molar-refractivity contribution is -0.139. The van der Waals surface area contributed by atoms with Gasteiger partial charge >= 0.3 is 5.97 Å². The van der Waals surface area contributed by atoms with Crippen LogP contribution in [0.2, 0.25) is 0 Å². The summed E-state index contributed by atoms with van der Waals surface area (Å²) in [7, 11) is 0. The molecule has 0 radical (unpaired) electrons. The van der Waals surface area contributed by atoms with Gasteiger partial charge in [-0.15, -0.1) is 11.3 Å². The molecule has 1 heterocycles. The van der Waals surface area contributed by atoms with Crippen LogP contribution in [0.25, 0.3) is 10.4 Å². The second-order valence-corrected chi connectivity index (χ2v) is 5.74. The third-order valence-corrected chi connectivity index (χ3v) is 4.14. The van der Waals surface area contributed by atoms with Gasteiger partial charge in [-0.3, -0.25) is 4.79 Å². The summed E-state index contributed by atoms with van der Waals surface area (Å²) in [6.45, 7) is 3.89. The maximum Gasteiger partial charge on any atom is 0.312 e. The van der Waals surface area contributed by atoms with Crippen LogP contribution in [-0.2, 0) is 4.79 Å². The fraction of sp³-hybridized carbons (Fsp3) is 0.267. The van der Waals surface area contributed by atoms with E-state index in [0.717, 1.165) is 15.3 Å². The Kier molecular flexibility index (Phi) is 3.82. The number of benzene rings is 1. The van der Waals surface area contributed by atoms with Gasteiger partial charge in [0, 0.05) is 9.75 Å². The molecule has 1 atom stereocenters. The first-order valence-corrected chi connectivity index (χ1v) is 6.79. The van der Waals surface area contributed by atoms with Gasteiger partial charge in [0.1, 0.15) is 0 Å². The van der Waals surface area contributed by atoms with Gasteiger partial charge in [0.05, 0.1) is 5.92 Å². The Labute approximate surface area is 111 Å². The zero-order chi connectivity index (χ0) is 13.1. The lowest BCUT2D eigenvalue weighted by Gasteiger charge is -2.13. The molecule has 1 unspecified atom stereocenters. The first-order valence-electron chi connectivity index (χ1n) is 5.97. The molecule has 3 heteroatoms. The van der Waals surface area contributed by atoms with E-state index in [4.69, 9.17) is 0 Å². The quantitative estimate of drug-likeness (QED) is 0.892. The summed E-state index contributed by atoms with van der Waals surface area (Å²) in [5, 5.41) is 9.28. The minimum Gasteiger partial charge on any atom is -0.481 e. The highest BCUT2D eigenvalue weighted by molar-refractivity contribution is 7.15. The van der Waals surface area contributed by atoms with Gasteiger partial charge in [-0.25, -0.2) is 0 Å². The van der Waals surface area contributed by atoms with Gasteiger partial charge in [0.2, 0.25) is 0 Å². The summed E-state index contributed by atoms with van der Waals surface area (Å²) in [4.78, 5) is 13.3. The summed E-state index contributed by atoms with van der Waals surface area (Å²) in [6, 6.07) is 14.0. The Morgan fingerprint density at radius 3 is 2.33 bits per heavy atom. The highest BCUT2D eigenvalue weighted by Crippen LogP contribution is 2.35. The summed E-state index contributed by atoms with van der Waals surface area (Å²) in [6.07, 6.45) is 0. The van der Waals surface area contributed by atoms with Crippen molar-refractivity contribution in [3.05, 3.63) is 47.3 Å². The molecule has 0 saturated heterocycles. The number of aliphatic carboxylic acids is 1. The van der Waals surface area contributed by atoms with E-state index in [-0.39, 0.29) is 5.92 Å². The molecule has 0 saturated carbocycles. The molecule has 0 aliphatic carbocycles. The molecule has 0 fully saturated rings. The smallest absolute Gasteiger partial charge is 0.312 e. The Bertz CT molecular complexity index is 528. The standard InChI is InChI=1S/C15H16O2S/c1-10(2)14(15(16)17)13-9-8-12(18-13)11-6-4-3-5-7-11/h3-10,14H,1-2H3,(H,16,17). The van der Waals surface area contributed by atoms with E-state index < -0.39 is 11.9 Å². The average Bonchev–Trinajstić information content (AvgIpc) is 2.78. The third-order valence-electron chi connectivity index (χ3n) is 2.92. The van der Waals surface area contributed by atoms with Crippen molar-refractivity contribution in [1.29, 1.82) is 0 Å². The van der Waals surface area contributed by atoms with Crippen molar-refractivity contribution in [3.8, 4) is 10.4 Å². The van der Waals surface area contributed by atoms with Crippen LogP contribution in [0.15, 0.2) is 42.5 Å². The van der Waals surface area contributed by atoms with E-state index in [9.17, 15) is 9.90 Å². The first kappa shape index (κ1) is 12.8. The Balaban J connectivity index is 2.33. The lowest BCUT2D eigenvalue weighted by Crippen LogP contribution is -2.16. The maximum atomic E-state index is 11.3. The Morgan fingerprint density at radius 1 is 1.11 bits per heavy atom. The van der Waals surface area contributed by atoms with Gasteiger partial charge in [-0.1, -0.05) is 44.2 Å². The summed E-state index contributed by atoms with van der Waals surface area (Å²) in [5.74, 6) is -1.05. The number of hydrogen-bond donors (Lipinski definition) is 1. The van der Waals surface area contributed by atoms with Gasteiger partial charge < -0.3 is 5.11 Å². The van der Waals surface area contributed by atoms with Crippen LogP contribution in [0.5, 0.6) is 0 Å². The van der Waals surface area contributed by atoms with E-state index in [1.165, 1.54) is 0 Å². The van der Waals surface area contributed by atoms with Crippen molar-refractivity contribution in [3.63, 3.8) is 0 Å². The van der Waals surface area contributed by atoms with Crippen LogP contribution in [0, 0.1) is 5.92 Å². The van der Waals surface area contributed by atoms with Crippen LogP contribution in [0.3, 0.4) is 0 Å². The van der Waals surface area contributed by atoms with Crippen molar-refractivity contribution in [2.24, 2.45) is 5.92 Å². The van der Waals surface area contributed by atoms with Crippen molar-refractivity contribution in [2.75, 3.05) is 0 Å². The molecular weight excluding hydrogens is 244 g/mol. The van der Waals surface area contributed by atoms with E-state index >= 15 is 0 Å². The maximum absolute atomic E-state index is 11.3. The van der Waals surface area contributed by atoms with Crippen LogP contribution in [0.4, 0.5) is 0 Å². The number of hydrogen-bond acceptors (Lipinski definition) is 2. The average molecular weight is 260 g/mol. The summed E-state index contributed by atoms with van der Waals surface area (Å²) < 4.78 is 0. The SMILES string of the molecule is CC(C)C(C(=O)O)c1ccc(-c2ccccc2)s1. The molecule has 18 heavy (non-hydrogen) atoms. The topological polar surface area (TPSA) is 37.3 Å². The van der Waals surface area contributed by atoms with Crippen LogP contribution >= 0.6 is 11.3 Å².